The summed E-state index contributed by atoms with van der Waals surface area (Å²) in [5, 5.41) is 0.324. The lowest BCUT2D eigenvalue weighted by molar-refractivity contribution is 0.628. The van der Waals surface area contributed by atoms with Crippen molar-refractivity contribution in [2.45, 2.75) is 0 Å². The number of benzene rings is 1. The number of aromatic nitrogens is 3. The van der Waals surface area contributed by atoms with E-state index in [1.165, 1.54) is 24.4 Å². The highest BCUT2D eigenvalue weighted by atomic mass is 19.1. The number of rotatable bonds is 1. The molecule has 3 rings (SSSR count). The molecule has 2 heterocycles. The molecule has 3 aromatic rings. The minimum absolute atomic E-state index is 0.177. The quantitative estimate of drug-likeness (QED) is 0.666. The van der Waals surface area contributed by atoms with Gasteiger partial charge in [0.15, 0.2) is 11.5 Å². The summed E-state index contributed by atoms with van der Waals surface area (Å²) in [4.78, 5) is 20.3. The Balaban J connectivity index is 2.36. The highest BCUT2D eigenvalue weighted by Gasteiger charge is 2.11. The number of pyridine rings is 1. The smallest absolute Gasteiger partial charge is 0.281 e. The van der Waals surface area contributed by atoms with Crippen LogP contribution in [0.5, 0.6) is 0 Å². The molecule has 0 amide bonds. The Morgan fingerprint density at radius 2 is 2.05 bits per heavy atom. The van der Waals surface area contributed by atoms with Crippen LogP contribution < -0.4 is 11.4 Å². The third-order valence-corrected chi connectivity index (χ3v) is 2.76. The Morgan fingerprint density at radius 3 is 2.84 bits per heavy atom. The molecule has 5 nitrogen and oxygen atoms in total. The fourth-order valence-electron chi connectivity index (χ4n) is 1.86. The molecule has 94 valence electrons. The fraction of sp³-hybridized carbons (Fsp3) is 0. The zero-order chi connectivity index (χ0) is 13.4. The van der Waals surface area contributed by atoms with Gasteiger partial charge in [0.25, 0.3) is 5.56 Å². The summed E-state index contributed by atoms with van der Waals surface area (Å²) in [5.74, 6) is 5.48. The lowest BCUT2D eigenvalue weighted by atomic mass is 10.2. The van der Waals surface area contributed by atoms with Gasteiger partial charge in [-0.15, -0.1) is 0 Å². The number of hydrogen-bond acceptors (Lipinski definition) is 4. The van der Waals surface area contributed by atoms with Gasteiger partial charge in [0.05, 0.1) is 5.39 Å². The summed E-state index contributed by atoms with van der Waals surface area (Å²) in [6.07, 6.45) is 1.53. The van der Waals surface area contributed by atoms with Crippen LogP contribution in [0.2, 0.25) is 0 Å². The molecule has 19 heavy (non-hydrogen) atoms. The Morgan fingerprint density at radius 1 is 1.21 bits per heavy atom. The molecular weight excluding hydrogens is 247 g/mol. The average Bonchev–Trinajstić information content (AvgIpc) is 2.43. The molecule has 0 aliphatic rings. The molecule has 1 aromatic carbocycles. The lowest BCUT2D eigenvalue weighted by Gasteiger charge is -2.08. The van der Waals surface area contributed by atoms with Crippen molar-refractivity contribution in [2.75, 3.05) is 5.84 Å². The Hall–Kier alpha value is -2.76. The number of nitrogens with zero attached hydrogens (tertiary/aromatic N) is 3. The molecule has 6 heteroatoms. The molecule has 0 atom stereocenters. The van der Waals surface area contributed by atoms with Crippen molar-refractivity contribution in [1.29, 1.82) is 0 Å². The summed E-state index contributed by atoms with van der Waals surface area (Å²) in [6, 6.07) is 8.95. The topological polar surface area (TPSA) is 73.8 Å². The van der Waals surface area contributed by atoms with Gasteiger partial charge in [-0.2, -0.15) is 0 Å². The van der Waals surface area contributed by atoms with Crippen LogP contribution in [0, 0.1) is 5.82 Å². The van der Waals surface area contributed by atoms with Gasteiger partial charge >= 0.3 is 0 Å². The first-order valence-corrected chi connectivity index (χ1v) is 5.55. The van der Waals surface area contributed by atoms with Crippen molar-refractivity contribution in [2.24, 2.45) is 0 Å². The van der Waals surface area contributed by atoms with E-state index in [2.05, 4.69) is 9.97 Å². The minimum Gasteiger partial charge on any atom is -0.334 e. The van der Waals surface area contributed by atoms with E-state index in [0.717, 1.165) is 4.68 Å². The van der Waals surface area contributed by atoms with Crippen molar-refractivity contribution in [3.8, 4) is 11.4 Å². The van der Waals surface area contributed by atoms with E-state index < -0.39 is 11.4 Å². The number of halogens is 1. The maximum Gasteiger partial charge on any atom is 0.281 e. The van der Waals surface area contributed by atoms with Crippen molar-refractivity contribution >= 4 is 11.0 Å². The zero-order valence-corrected chi connectivity index (χ0v) is 9.75. The number of hydrogen-bond donors (Lipinski definition) is 1. The van der Waals surface area contributed by atoms with Crippen LogP contribution in [0.4, 0.5) is 4.39 Å². The average molecular weight is 256 g/mol. The van der Waals surface area contributed by atoms with E-state index in [4.69, 9.17) is 5.84 Å². The molecule has 0 saturated heterocycles. The Kier molecular flexibility index (Phi) is 2.49. The Labute approximate surface area is 107 Å². The van der Waals surface area contributed by atoms with Crippen LogP contribution in [-0.2, 0) is 0 Å². The molecule has 0 fully saturated rings. The first-order chi connectivity index (χ1) is 9.16. The monoisotopic (exact) mass is 256 g/mol. The summed E-state index contributed by atoms with van der Waals surface area (Å²) in [6.45, 7) is 0. The number of nitrogens with two attached hydrogens (primary N) is 1. The molecule has 0 aliphatic carbocycles. The van der Waals surface area contributed by atoms with Crippen LogP contribution >= 0.6 is 0 Å². The minimum atomic E-state index is -0.423. The highest BCUT2D eigenvalue weighted by molar-refractivity contribution is 5.75. The van der Waals surface area contributed by atoms with Crippen LogP contribution in [0.15, 0.2) is 47.4 Å². The van der Waals surface area contributed by atoms with Crippen LogP contribution in [0.3, 0.4) is 0 Å². The molecule has 2 aromatic heterocycles. The van der Waals surface area contributed by atoms with Gasteiger partial charge in [0.1, 0.15) is 5.82 Å². The second-order valence-corrected chi connectivity index (χ2v) is 4.00. The predicted octanol–water partition coefficient (Wildman–Crippen LogP) is 1.31. The van der Waals surface area contributed by atoms with E-state index >= 15 is 0 Å². The zero-order valence-electron chi connectivity index (χ0n) is 9.75. The van der Waals surface area contributed by atoms with Gasteiger partial charge in [-0.25, -0.2) is 19.0 Å². The van der Waals surface area contributed by atoms with E-state index in [0.29, 0.717) is 10.9 Å². The van der Waals surface area contributed by atoms with Gasteiger partial charge in [-0.1, -0.05) is 12.1 Å². The van der Waals surface area contributed by atoms with Gasteiger partial charge in [-0.05, 0) is 24.3 Å². The van der Waals surface area contributed by atoms with E-state index in [1.807, 2.05) is 0 Å². The van der Waals surface area contributed by atoms with Gasteiger partial charge in [-0.3, -0.25) is 4.79 Å². The third-order valence-electron chi connectivity index (χ3n) is 2.76. The Bertz CT molecular complexity index is 828. The number of nitrogen functional groups attached to an aromatic ring is 1. The standard InChI is InChI=1S/C13H9FN4O/c14-9-4-1-3-8(7-9)12-17-11-10(5-2-6-16-11)13(19)18(12)15/h1-7H,15H2. The molecular formula is C13H9FN4O. The second-order valence-electron chi connectivity index (χ2n) is 4.00. The fourth-order valence-corrected chi connectivity index (χ4v) is 1.86. The molecule has 0 bridgehead atoms. The van der Waals surface area contributed by atoms with Crippen LogP contribution in [0.25, 0.3) is 22.4 Å². The van der Waals surface area contributed by atoms with Crippen molar-refractivity contribution in [3.63, 3.8) is 0 Å². The highest BCUT2D eigenvalue weighted by Crippen LogP contribution is 2.17. The van der Waals surface area contributed by atoms with E-state index in [1.54, 1.807) is 18.2 Å². The first kappa shape index (κ1) is 11.3. The molecule has 2 N–H and O–H groups in total. The van der Waals surface area contributed by atoms with Gasteiger partial charge in [0.2, 0.25) is 0 Å². The summed E-state index contributed by atoms with van der Waals surface area (Å²) < 4.78 is 14.1. The maximum atomic E-state index is 13.2. The normalized spacial score (nSPS) is 10.8. The summed E-state index contributed by atoms with van der Waals surface area (Å²) in [7, 11) is 0. The third kappa shape index (κ3) is 1.83. The number of fused-ring (bicyclic) bond motifs is 1. The van der Waals surface area contributed by atoms with Crippen molar-refractivity contribution in [1.82, 2.24) is 14.6 Å². The second kappa shape index (κ2) is 4.16. The molecule has 0 saturated carbocycles. The van der Waals surface area contributed by atoms with Crippen molar-refractivity contribution < 1.29 is 4.39 Å². The van der Waals surface area contributed by atoms with Crippen molar-refractivity contribution in [3.05, 3.63) is 58.8 Å². The largest absolute Gasteiger partial charge is 0.334 e. The van der Waals surface area contributed by atoms with E-state index in [-0.39, 0.29) is 11.5 Å². The lowest BCUT2D eigenvalue weighted by Crippen LogP contribution is -2.30. The molecule has 0 aliphatic heterocycles. The van der Waals surface area contributed by atoms with E-state index in [9.17, 15) is 9.18 Å². The van der Waals surface area contributed by atoms with Gasteiger partial charge < -0.3 is 5.84 Å². The molecule has 0 spiro atoms. The SMILES string of the molecule is Nn1c(-c2cccc(F)c2)nc2ncccc2c1=O. The van der Waals surface area contributed by atoms with Gasteiger partial charge in [0, 0.05) is 11.8 Å². The van der Waals surface area contributed by atoms with Crippen LogP contribution in [0.1, 0.15) is 0 Å². The molecule has 0 unspecified atom stereocenters. The van der Waals surface area contributed by atoms with Crippen LogP contribution in [-0.4, -0.2) is 14.6 Å². The molecule has 0 radical (unpaired) electrons. The predicted molar refractivity (Wildman–Crippen MR) is 69.3 cm³/mol. The summed E-state index contributed by atoms with van der Waals surface area (Å²) >= 11 is 0. The maximum absolute atomic E-state index is 13.2. The summed E-state index contributed by atoms with van der Waals surface area (Å²) in [5.41, 5.74) is 0.290. The first-order valence-electron chi connectivity index (χ1n) is 5.55.